The Hall–Kier alpha value is -2.07. The van der Waals surface area contributed by atoms with Gasteiger partial charge in [0.1, 0.15) is 5.41 Å². The molecule has 2 amide bonds. The number of aliphatic hydroxyl groups is 2. The van der Waals surface area contributed by atoms with Gasteiger partial charge in [-0.2, -0.15) is 0 Å². The molecular weight excluding hydrogens is 591 g/mol. The molecule has 0 spiro atoms. The minimum Gasteiger partial charge on any atom is -0.846 e. The number of ether oxygens (including phenoxy) is 1. The van der Waals surface area contributed by atoms with Crippen molar-refractivity contribution in [2.24, 2.45) is 16.3 Å². The molecule has 0 saturated heterocycles. The van der Waals surface area contributed by atoms with Gasteiger partial charge in [-0.3, -0.25) is 9.59 Å². The van der Waals surface area contributed by atoms with Crippen LogP contribution in [0.2, 0.25) is 0 Å². The van der Waals surface area contributed by atoms with E-state index >= 15 is 0 Å². The fourth-order valence-corrected chi connectivity index (χ4v) is 3.66. The third-order valence-corrected chi connectivity index (χ3v) is 5.72. The summed E-state index contributed by atoms with van der Waals surface area (Å²) in [6, 6.07) is -0.845. The monoisotopic (exact) mass is 665 g/mol. The number of hydrogen-bond donors (Lipinski definition) is 3. The van der Waals surface area contributed by atoms with E-state index in [0.29, 0.717) is 6.42 Å². The number of carbonyl (C=O) groups excluding carboxylic acids is 2. The summed E-state index contributed by atoms with van der Waals surface area (Å²) in [7, 11) is 0. The molecule has 1 rings (SSSR count). The molecule has 9 heteroatoms. The van der Waals surface area contributed by atoms with Gasteiger partial charge in [0.25, 0.3) is 5.91 Å². The van der Waals surface area contributed by atoms with Gasteiger partial charge < -0.3 is 25.4 Å². The maximum Gasteiger partial charge on any atom is 1.00 e. The predicted octanol–water partition coefficient (Wildman–Crippen LogP) is 5.14. The molecule has 0 aromatic rings. The second kappa shape index (κ2) is 65.6. The Balaban J connectivity index is -0.0000000584. The minimum absolute atomic E-state index is 0. The first kappa shape index (κ1) is 66.4. The Morgan fingerprint density at radius 2 is 1.09 bits per heavy atom. The number of carbonyl (C=O) groups is 2. The second-order valence-electron chi connectivity index (χ2n) is 8.37. The Morgan fingerprint density at radius 1 is 0.717 bits per heavy atom. The van der Waals surface area contributed by atoms with Crippen molar-refractivity contribution < 1.29 is 59.2 Å². The molecule has 2 atom stereocenters. The van der Waals surface area contributed by atoms with Gasteiger partial charge in [0.2, 0.25) is 5.91 Å². The van der Waals surface area contributed by atoms with Crippen LogP contribution < -0.4 is 40.0 Å². The smallest absolute Gasteiger partial charge is 0.846 e. The molecule has 0 radical (unpaired) electrons. The molecule has 1 aliphatic heterocycles. The van der Waals surface area contributed by atoms with Crippen molar-refractivity contribution in [1.29, 1.82) is 0 Å². The normalized spacial score (nSPS) is 13.7. The van der Waals surface area contributed by atoms with E-state index < -0.39 is 23.3 Å². The molecule has 3 N–H and O–H groups in total. The van der Waals surface area contributed by atoms with E-state index in [0.717, 1.165) is 26.1 Å². The van der Waals surface area contributed by atoms with Crippen LogP contribution in [0.5, 0.6) is 0 Å². The van der Waals surface area contributed by atoms with Gasteiger partial charge in [-0.25, -0.2) is 4.99 Å². The fourth-order valence-electron chi connectivity index (χ4n) is 3.66. The molecule has 0 aromatic carbocycles. The van der Waals surface area contributed by atoms with Crippen molar-refractivity contribution in [2.75, 3.05) is 26.4 Å². The predicted molar refractivity (Wildman–Crippen MR) is 198 cm³/mol. The first-order chi connectivity index (χ1) is 21.8. The van der Waals surface area contributed by atoms with Crippen molar-refractivity contribution in [1.82, 2.24) is 5.32 Å². The molecule has 268 valence electrons. The van der Waals surface area contributed by atoms with Crippen LogP contribution >= 0.6 is 0 Å². The maximum absolute atomic E-state index is 11.9. The quantitative estimate of drug-likeness (QED) is 0.0962. The Kier molecular flexibility index (Phi) is 94.6. The average molecular weight is 665 g/mol. The zero-order valence-electron chi connectivity index (χ0n) is 31.1. The SMILES string of the molecule is C=C.C=C.C=C.C=C.C=C.C=C.CCCC(C)C1(CC)C(=O)N=C([O-])NC1=O.CCCCCCOCCCCCC.OCCO.[Na+]. The van der Waals surface area contributed by atoms with Gasteiger partial charge >= 0.3 is 29.6 Å². The third kappa shape index (κ3) is 41.9. The van der Waals surface area contributed by atoms with Crippen molar-refractivity contribution in [3.05, 3.63) is 78.9 Å². The zero-order chi connectivity index (χ0) is 37.5. The number of nitrogens with one attached hydrogen (secondary N) is 1. The molecule has 0 aliphatic carbocycles. The summed E-state index contributed by atoms with van der Waals surface area (Å²) >= 11 is 0. The van der Waals surface area contributed by atoms with E-state index in [1.807, 2.05) is 13.8 Å². The minimum atomic E-state index is -1.15. The summed E-state index contributed by atoms with van der Waals surface area (Å²) in [5, 5.41) is 28.3. The van der Waals surface area contributed by atoms with Crippen LogP contribution in [0.25, 0.3) is 0 Å². The molecule has 1 heterocycles. The summed E-state index contributed by atoms with van der Waals surface area (Å²) < 4.78 is 5.53. The van der Waals surface area contributed by atoms with Gasteiger partial charge in [-0.05, 0) is 31.6 Å². The first-order valence-electron chi connectivity index (χ1n) is 15.7. The molecule has 1 aliphatic rings. The van der Waals surface area contributed by atoms with Gasteiger partial charge in [0.15, 0.2) is 0 Å². The van der Waals surface area contributed by atoms with Crippen molar-refractivity contribution in [2.45, 2.75) is 105 Å². The number of nitrogens with zero attached hydrogens (tertiary/aromatic N) is 1. The van der Waals surface area contributed by atoms with E-state index in [2.05, 4.69) is 103 Å². The van der Waals surface area contributed by atoms with Crippen LogP contribution in [-0.4, -0.2) is 54.5 Å². The number of unbranched alkanes of at least 4 members (excludes halogenated alkanes) is 6. The molecular formula is C37H73N2NaO6. The zero-order valence-corrected chi connectivity index (χ0v) is 33.1. The Morgan fingerprint density at radius 3 is 1.35 bits per heavy atom. The first-order valence-corrected chi connectivity index (χ1v) is 15.7. The number of hydrogen-bond acceptors (Lipinski definition) is 6. The molecule has 46 heavy (non-hydrogen) atoms. The molecule has 8 nitrogen and oxygen atoms in total. The largest absolute Gasteiger partial charge is 1.00 e. The molecule has 2 unspecified atom stereocenters. The summed E-state index contributed by atoms with van der Waals surface area (Å²) in [5.74, 6) is -1.20. The third-order valence-electron chi connectivity index (χ3n) is 5.72. The molecule has 0 fully saturated rings. The summed E-state index contributed by atoms with van der Waals surface area (Å²) in [6.45, 7) is 47.8. The number of amides is 2. The van der Waals surface area contributed by atoms with Crippen molar-refractivity contribution in [3.63, 3.8) is 0 Å². The summed E-state index contributed by atoms with van der Waals surface area (Å²) in [5.41, 5.74) is -1.15. The van der Waals surface area contributed by atoms with Gasteiger partial charge in [0.05, 0.1) is 19.2 Å². The van der Waals surface area contributed by atoms with Crippen molar-refractivity contribution in [3.8, 4) is 0 Å². The van der Waals surface area contributed by atoms with E-state index in [-0.39, 0.29) is 48.7 Å². The Labute approximate surface area is 307 Å². The standard InChI is InChI=1S/C12H26O.C11H18N2O3.C2H6O2.6C2H4.Na/c1-3-5-7-9-11-13-12-10-8-6-4-2;1-4-6-7(3)11(5-2)8(14)12-10(16)13-9(11)15;3-1-2-4;6*1-2;/h3-12H2,1-2H3;7H,4-6H2,1-3H3,(H2,12,13,14,15,16);3-4H,1-2H2;6*1-2H2;/q;;;;;;;;;+1/p-1. The maximum atomic E-state index is 11.9. The molecule has 0 bridgehead atoms. The topological polar surface area (TPSA) is 131 Å². The molecule has 0 aromatic heterocycles. The fraction of sp³-hybridized carbons (Fsp3) is 0.595. The van der Waals surface area contributed by atoms with E-state index in [1.165, 1.54) is 51.4 Å². The van der Waals surface area contributed by atoms with Gasteiger partial charge in [0, 0.05) is 13.2 Å². The van der Waals surface area contributed by atoms with Crippen molar-refractivity contribution >= 4 is 17.8 Å². The average Bonchev–Trinajstić information content (AvgIpc) is 3.10. The van der Waals surface area contributed by atoms with Gasteiger partial charge in [-0.15, -0.1) is 78.9 Å². The second-order valence-corrected chi connectivity index (χ2v) is 8.37. The Bertz CT molecular complexity index is 595. The molecule has 0 saturated carbocycles. The van der Waals surface area contributed by atoms with Crippen LogP contribution in [0.1, 0.15) is 105 Å². The van der Waals surface area contributed by atoms with Crippen LogP contribution in [0.15, 0.2) is 83.9 Å². The van der Waals surface area contributed by atoms with Gasteiger partial charge in [-0.1, -0.05) is 79.6 Å². The number of aliphatic imine (C=N–C) groups is 1. The summed E-state index contributed by atoms with van der Waals surface area (Å²) in [4.78, 5) is 27.1. The van der Waals surface area contributed by atoms with Crippen LogP contribution in [-0.2, 0) is 14.3 Å². The number of aliphatic hydroxyl groups excluding tert-OH is 2. The van der Waals surface area contributed by atoms with E-state index in [1.54, 1.807) is 6.92 Å². The number of rotatable bonds is 15. The number of amidine groups is 1. The summed E-state index contributed by atoms with van der Waals surface area (Å²) in [6.07, 6.45) is 12.6. The van der Waals surface area contributed by atoms with Crippen LogP contribution in [0, 0.1) is 11.3 Å². The van der Waals surface area contributed by atoms with Crippen LogP contribution in [0.3, 0.4) is 0 Å². The van der Waals surface area contributed by atoms with E-state index in [9.17, 15) is 14.7 Å². The van der Waals surface area contributed by atoms with E-state index in [4.69, 9.17) is 14.9 Å². The van der Waals surface area contributed by atoms with Crippen LogP contribution in [0.4, 0.5) is 0 Å².